The van der Waals surface area contributed by atoms with Crippen LogP contribution in [0.4, 0.5) is 0 Å². The first-order chi connectivity index (χ1) is 12.9. The molecular formula is C20H22Cl2O5. The number of aliphatic hydroxyl groups excluding tert-OH is 3. The van der Waals surface area contributed by atoms with Crippen LogP contribution in [-0.2, 0) is 11.2 Å². The van der Waals surface area contributed by atoms with Gasteiger partial charge in [0.2, 0.25) is 0 Å². The molecule has 5 nitrogen and oxygen atoms in total. The van der Waals surface area contributed by atoms with Crippen LogP contribution in [0.25, 0.3) is 0 Å². The summed E-state index contributed by atoms with van der Waals surface area (Å²) in [6.07, 6.45) is -3.40. The minimum atomic E-state index is -1.21. The van der Waals surface area contributed by atoms with Gasteiger partial charge in [-0.05, 0) is 41.3 Å². The molecule has 0 aliphatic carbocycles. The van der Waals surface area contributed by atoms with Gasteiger partial charge in [-0.1, -0.05) is 35.9 Å². The molecule has 5 atom stereocenters. The van der Waals surface area contributed by atoms with E-state index in [1.54, 1.807) is 19.2 Å². The first-order valence-corrected chi connectivity index (χ1v) is 9.43. The molecule has 2 aromatic rings. The van der Waals surface area contributed by atoms with E-state index in [0.29, 0.717) is 17.0 Å². The lowest BCUT2D eigenvalue weighted by Gasteiger charge is -2.40. The molecule has 1 saturated heterocycles. The Bertz CT molecular complexity index is 765. The van der Waals surface area contributed by atoms with Crippen LogP contribution in [0.15, 0.2) is 42.5 Å². The Morgan fingerprint density at radius 1 is 1.07 bits per heavy atom. The maximum atomic E-state index is 10.4. The highest BCUT2D eigenvalue weighted by Gasteiger charge is 2.43. The van der Waals surface area contributed by atoms with E-state index in [1.807, 2.05) is 30.3 Å². The van der Waals surface area contributed by atoms with Crippen molar-refractivity contribution in [3.05, 3.63) is 64.2 Å². The summed E-state index contributed by atoms with van der Waals surface area (Å²) in [6, 6.07) is 13.0. The van der Waals surface area contributed by atoms with E-state index in [9.17, 15) is 15.3 Å². The number of benzene rings is 2. The van der Waals surface area contributed by atoms with Gasteiger partial charge in [-0.3, -0.25) is 0 Å². The van der Waals surface area contributed by atoms with E-state index in [2.05, 4.69) is 0 Å². The number of hydrogen-bond acceptors (Lipinski definition) is 5. The average molecular weight is 413 g/mol. The monoisotopic (exact) mass is 412 g/mol. The highest BCUT2D eigenvalue weighted by molar-refractivity contribution is 6.31. The fourth-order valence-corrected chi connectivity index (χ4v) is 3.69. The van der Waals surface area contributed by atoms with Crippen molar-refractivity contribution in [2.75, 3.05) is 13.7 Å². The molecule has 3 rings (SSSR count). The molecule has 146 valence electrons. The van der Waals surface area contributed by atoms with Crippen molar-refractivity contribution in [3.8, 4) is 5.75 Å². The molecule has 0 bridgehead atoms. The van der Waals surface area contributed by atoms with Crippen molar-refractivity contribution in [2.24, 2.45) is 0 Å². The third kappa shape index (κ3) is 4.40. The van der Waals surface area contributed by atoms with Crippen LogP contribution in [0.2, 0.25) is 5.02 Å². The maximum absolute atomic E-state index is 10.4. The summed E-state index contributed by atoms with van der Waals surface area (Å²) in [6.45, 7) is -0.346. The molecule has 7 heteroatoms. The smallest absolute Gasteiger partial charge is 0.118 e. The number of ether oxygens (including phenoxy) is 2. The fourth-order valence-electron chi connectivity index (χ4n) is 3.22. The second-order valence-corrected chi connectivity index (χ2v) is 7.49. The number of alkyl halides is 1. The van der Waals surface area contributed by atoms with Crippen molar-refractivity contribution >= 4 is 23.2 Å². The SMILES string of the molecule is COc1ccc(Cc2cc([C@@H]3O[C@H](CO)[C@@H](Cl)[C@H](O)[C@H]3O)ccc2Cl)cc1. The molecule has 1 fully saturated rings. The van der Waals surface area contributed by atoms with Crippen LogP contribution in [-0.4, -0.2) is 52.7 Å². The Labute approximate surface area is 168 Å². The van der Waals surface area contributed by atoms with Crippen molar-refractivity contribution in [3.63, 3.8) is 0 Å². The number of methoxy groups -OCH3 is 1. The lowest BCUT2D eigenvalue weighted by atomic mass is 9.91. The minimum Gasteiger partial charge on any atom is -0.497 e. The summed E-state index contributed by atoms with van der Waals surface area (Å²) in [4.78, 5) is 0. The maximum Gasteiger partial charge on any atom is 0.118 e. The lowest BCUT2D eigenvalue weighted by Crippen LogP contribution is -2.52. The van der Waals surface area contributed by atoms with Gasteiger partial charge < -0.3 is 24.8 Å². The van der Waals surface area contributed by atoms with E-state index in [4.69, 9.17) is 32.7 Å². The first-order valence-electron chi connectivity index (χ1n) is 8.62. The molecule has 2 aromatic carbocycles. The molecule has 0 aromatic heterocycles. The summed E-state index contributed by atoms with van der Waals surface area (Å²) in [5, 5.41) is 29.7. The predicted molar refractivity (Wildman–Crippen MR) is 104 cm³/mol. The van der Waals surface area contributed by atoms with Crippen molar-refractivity contribution < 1.29 is 24.8 Å². The van der Waals surface area contributed by atoms with Gasteiger partial charge in [-0.15, -0.1) is 11.6 Å². The third-order valence-electron chi connectivity index (χ3n) is 4.79. The molecular weight excluding hydrogens is 391 g/mol. The van der Waals surface area contributed by atoms with Gasteiger partial charge >= 0.3 is 0 Å². The van der Waals surface area contributed by atoms with Crippen LogP contribution in [0, 0.1) is 0 Å². The zero-order chi connectivity index (χ0) is 19.6. The molecule has 3 N–H and O–H groups in total. The normalized spacial score (nSPS) is 28.1. The molecule has 27 heavy (non-hydrogen) atoms. The number of rotatable bonds is 5. The zero-order valence-corrected chi connectivity index (χ0v) is 16.3. The highest BCUT2D eigenvalue weighted by atomic mass is 35.5. The number of hydrogen-bond donors (Lipinski definition) is 3. The Hall–Kier alpha value is -1.34. The molecule has 0 unspecified atom stereocenters. The summed E-state index contributed by atoms with van der Waals surface area (Å²) in [5.41, 5.74) is 2.57. The van der Waals surface area contributed by atoms with E-state index in [-0.39, 0.29) is 6.61 Å². The van der Waals surface area contributed by atoms with Crippen LogP contribution < -0.4 is 4.74 Å². The van der Waals surface area contributed by atoms with Gasteiger partial charge in [0.1, 0.15) is 30.2 Å². The van der Waals surface area contributed by atoms with Crippen LogP contribution in [0.5, 0.6) is 5.75 Å². The minimum absolute atomic E-state index is 0.346. The fraction of sp³-hybridized carbons (Fsp3) is 0.400. The van der Waals surface area contributed by atoms with E-state index in [1.165, 1.54) is 0 Å². The van der Waals surface area contributed by atoms with Crippen LogP contribution in [0.3, 0.4) is 0 Å². The van der Waals surface area contributed by atoms with Crippen molar-refractivity contribution in [1.29, 1.82) is 0 Å². The summed E-state index contributed by atoms with van der Waals surface area (Å²) < 4.78 is 10.9. The quantitative estimate of drug-likeness (QED) is 0.657. The summed E-state index contributed by atoms with van der Waals surface area (Å²) >= 11 is 12.4. The molecule has 0 amide bonds. The van der Waals surface area contributed by atoms with Gasteiger partial charge in [-0.25, -0.2) is 0 Å². The predicted octanol–water partition coefficient (Wildman–Crippen LogP) is 2.70. The Morgan fingerprint density at radius 2 is 1.78 bits per heavy atom. The van der Waals surface area contributed by atoms with E-state index in [0.717, 1.165) is 16.9 Å². The van der Waals surface area contributed by atoms with Crippen LogP contribution >= 0.6 is 23.2 Å². The molecule has 0 radical (unpaired) electrons. The lowest BCUT2D eigenvalue weighted by molar-refractivity contribution is -0.176. The summed E-state index contributed by atoms with van der Waals surface area (Å²) in [5.74, 6) is 0.775. The summed E-state index contributed by atoms with van der Waals surface area (Å²) in [7, 11) is 1.62. The Kier molecular flexibility index (Phi) is 6.63. The Balaban J connectivity index is 1.85. The molecule has 1 heterocycles. The third-order valence-corrected chi connectivity index (χ3v) is 5.70. The number of halogens is 2. The topological polar surface area (TPSA) is 79.2 Å². The molecule has 0 spiro atoms. The molecule has 1 aliphatic heterocycles. The van der Waals surface area contributed by atoms with E-state index >= 15 is 0 Å². The van der Waals surface area contributed by atoms with Crippen LogP contribution in [0.1, 0.15) is 22.8 Å². The van der Waals surface area contributed by atoms with E-state index < -0.39 is 29.8 Å². The average Bonchev–Trinajstić information content (AvgIpc) is 2.69. The van der Waals surface area contributed by atoms with Gasteiger partial charge in [0, 0.05) is 5.02 Å². The first kappa shape index (κ1) is 20.4. The molecule has 0 saturated carbocycles. The van der Waals surface area contributed by atoms with Gasteiger partial charge in [0.25, 0.3) is 0 Å². The van der Waals surface area contributed by atoms with Gasteiger partial charge in [-0.2, -0.15) is 0 Å². The second kappa shape index (κ2) is 8.78. The van der Waals surface area contributed by atoms with Crippen molar-refractivity contribution in [1.82, 2.24) is 0 Å². The highest BCUT2D eigenvalue weighted by Crippen LogP contribution is 2.36. The van der Waals surface area contributed by atoms with Gasteiger partial charge in [0.15, 0.2) is 0 Å². The Morgan fingerprint density at radius 3 is 2.41 bits per heavy atom. The number of aliphatic hydroxyl groups is 3. The van der Waals surface area contributed by atoms with Crippen molar-refractivity contribution in [2.45, 2.75) is 36.2 Å². The standard InChI is InChI=1S/C20H22Cl2O5/c1-26-14-5-2-11(3-6-14)8-13-9-12(4-7-15(13)21)20-19(25)18(24)17(22)16(10-23)27-20/h2-7,9,16-20,23-25H,8,10H2,1H3/t16-,17-,18+,19-,20+/m1/s1. The van der Waals surface area contributed by atoms with Gasteiger partial charge in [0.05, 0.1) is 19.1 Å². The second-order valence-electron chi connectivity index (χ2n) is 6.58. The zero-order valence-electron chi connectivity index (χ0n) is 14.8. The largest absolute Gasteiger partial charge is 0.497 e. The molecule has 1 aliphatic rings.